The molecule has 0 unspecified atom stereocenters. The summed E-state index contributed by atoms with van der Waals surface area (Å²) in [6, 6.07) is 1.86. The van der Waals surface area contributed by atoms with Crippen LogP contribution in [0, 0.1) is 0 Å². The number of rotatable bonds is 5. The third-order valence-electron chi connectivity index (χ3n) is 1.79. The Bertz CT molecular complexity index is 381. The summed E-state index contributed by atoms with van der Waals surface area (Å²) in [4.78, 5) is 0. The standard InChI is InChI=1S/C9H15NO2S2/c1-3-5-10-7-8-4-6-13-9(8)14(2,11)12/h4,6,10H,3,5,7H2,1-2H3. The average molecular weight is 233 g/mol. The molecule has 80 valence electrons. The first kappa shape index (κ1) is 11.7. The molecule has 1 N–H and O–H groups in total. The fourth-order valence-corrected chi connectivity index (χ4v) is 3.31. The molecule has 0 aliphatic rings. The van der Waals surface area contributed by atoms with Gasteiger partial charge in [0.25, 0.3) is 0 Å². The Morgan fingerprint density at radius 2 is 2.21 bits per heavy atom. The summed E-state index contributed by atoms with van der Waals surface area (Å²) >= 11 is 1.29. The van der Waals surface area contributed by atoms with E-state index in [2.05, 4.69) is 12.2 Å². The second-order valence-electron chi connectivity index (χ2n) is 3.18. The average Bonchev–Trinajstić information content (AvgIpc) is 2.52. The Morgan fingerprint density at radius 1 is 1.50 bits per heavy atom. The van der Waals surface area contributed by atoms with Gasteiger partial charge in [-0.1, -0.05) is 6.92 Å². The highest BCUT2D eigenvalue weighted by molar-refractivity contribution is 7.92. The van der Waals surface area contributed by atoms with Crippen molar-refractivity contribution in [3.05, 3.63) is 17.0 Å². The normalized spacial score (nSPS) is 11.9. The van der Waals surface area contributed by atoms with E-state index in [4.69, 9.17) is 0 Å². The van der Waals surface area contributed by atoms with Crippen molar-refractivity contribution < 1.29 is 8.42 Å². The zero-order valence-electron chi connectivity index (χ0n) is 8.41. The van der Waals surface area contributed by atoms with Crippen LogP contribution >= 0.6 is 11.3 Å². The molecule has 0 atom stereocenters. The quantitative estimate of drug-likeness (QED) is 0.787. The van der Waals surface area contributed by atoms with Gasteiger partial charge in [-0.2, -0.15) is 0 Å². The minimum absolute atomic E-state index is 0.487. The summed E-state index contributed by atoms with van der Waals surface area (Å²) in [5, 5.41) is 5.01. The van der Waals surface area contributed by atoms with Crippen LogP contribution in [0.5, 0.6) is 0 Å². The molecule has 0 radical (unpaired) electrons. The molecule has 0 saturated carbocycles. The maximum Gasteiger partial charge on any atom is 0.185 e. The second kappa shape index (κ2) is 4.91. The Morgan fingerprint density at radius 3 is 2.79 bits per heavy atom. The van der Waals surface area contributed by atoms with Crippen molar-refractivity contribution in [1.29, 1.82) is 0 Å². The van der Waals surface area contributed by atoms with Crippen LogP contribution in [0.2, 0.25) is 0 Å². The largest absolute Gasteiger partial charge is 0.313 e. The number of thiophene rings is 1. The minimum atomic E-state index is -3.05. The van der Waals surface area contributed by atoms with Gasteiger partial charge in [-0.15, -0.1) is 11.3 Å². The van der Waals surface area contributed by atoms with Crippen LogP contribution in [-0.4, -0.2) is 21.2 Å². The molecule has 0 fully saturated rings. The first-order valence-electron chi connectivity index (χ1n) is 4.53. The summed E-state index contributed by atoms with van der Waals surface area (Å²) in [5.74, 6) is 0. The van der Waals surface area contributed by atoms with Gasteiger partial charge in [0, 0.05) is 12.8 Å². The Labute approximate surface area is 89.1 Å². The molecular weight excluding hydrogens is 218 g/mol. The first-order chi connectivity index (χ1) is 6.55. The van der Waals surface area contributed by atoms with E-state index >= 15 is 0 Å². The predicted octanol–water partition coefficient (Wildman–Crippen LogP) is 1.65. The third-order valence-corrected chi connectivity index (χ3v) is 4.67. The Balaban J connectivity index is 2.74. The highest BCUT2D eigenvalue weighted by atomic mass is 32.2. The number of sulfone groups is 1. The molecule has 0 saturated heterocycles. The van der Waals surface area contributed by atoms with Gasteiger partial charge in [0.2, 0.25) is 0 Å². The molecule has 0 amide bonds. The molecule has 1 heterocycles. The molecule has 0 aliphatic carbocycles. The molecule has 0 bridgehead atoms. The molecule has 3 nitrogen and oxygen atoms in total. The van der Waals surface area contributed by atoms with E-state index in [1.807, 2.05) is 11.4 Å². The molecule has 1 rings (SSSR count). The molecule has 14 heavy (non-hydrogen) atoms. The maximum atomic E-state index is 11.3. The van der Waals surface area contributed by atoms with Crippen molar-refractivity contribution in [1.82, 2.24) is 5.32 Å². The van der Waals surface area contributed by atoms with Crippen LogP contribution < -0.4 is 5.32 Å². The van der Waals surface area contributed by atoms with E-state index < -0.39 is 9.84 Å². The van der Waals surface area contributed by atoms with Gasteiger partial charge < -0.3 is 5.32 Å². The van der Waals surface area contributed by atoms with Crippen LogP contribution in [0.1, 0.15) is 18.9 Å². The highest BCUT2D eigenvalue weighted by Crippen LogP contribution is 2.22. The van der Waals surface area contributed by atoms with Gasteiger partial charge in [0.05, 0.1) is 0 Å². The molecule has 5 heteroatoms. The molecule has 1 aromatic heterocycles. The fraction of sp³-hybridized carbons (Fsp3) is 0.556. The summed E-state index contributed by atoms with van der Waals surface area (Å²) in [5.41, 5.74) is 0.881. The van der Waals surface area contributed by atoms with Crippen molar-refractivity contribution in [3.63, 3.8) is 0 Å². The van der Waals surface area contributed by atoms with E-state index in [0.29, 0.717) is 10.8 Å². The van der Waals surface area contributed by atoms with Crippen LogP contribution in [-0.2, 0) is 16.4 Å². The van der Waals surface area contributed by atoms with Crippen molar-refractivity contribution in [2.75, 3.05) is 12.8 Å². The lowest BCUT2D eigenvalue weighted by Gasteiger charge is -2.03. The predicted molar refractivity (Wildman–Crippen MR) is 59.4 cm³/mol. The smallest absolute Gasteiger partial charge is 0.185 e. The van der Waals surface area contributed by atoms with Crippen molar-refractivity contribution >= 4 is 21.2 Å². The van der Waals surface area contributed by atoms with Crippen LogP contribution in [0.3, 0.4) is 0 Å². The number of nitrogens with one attached hydrogen (secondary N) is 1. The third kappa shape index (κ3) is 3.08. The van der Waals surface area contributed by atoms with Gasteiger partial charge in [0.1, 0.15) is 4.21 Å². The van der Waals surface area contributed by atoms with E-state index in [0.717, 1.165) is 18.5 Å². The van der Waals surface area contributed by atoms with Crippen LogP contribution in [0.25, 0.3) is 0 Å². The first-order valence-corrected chi connectivity index (χ1v) is 7.30. The summed E-state index contributed by atoms with van der Waals surface area (Å²) in [6.45, 7) is 3.64. The van der Waals surface area contributed by atoms with Crippen molar-refractivity contribution in [3.8, 4) is 0 Å². The summed E-state index contributed by atoms with van der Waals surface area (Å²) in [7, 11) is -3.05. The van der Waals surface area contributed by atoms with Crippen molar-refractivity contribution in [2.24, 2.45) is 0 Å². The van der Waals surface area contributed by atoms with E-state index in [9.17, 15) is 8.42 Å². The molecule has 0 aliphatic heterocycles. The highest BCUT2D eigenvalue weighted by Gasteiger charge is 2.13. The van der Waals surface area contributed by atoms with E-state index in [1.54, 1.807) is 0 Å². The lowest BCUT2D eigenvalue weighted by Crippen LogP contribution is -2.14. The van der Waals surface area contributed by atoms with E-state index in [1.165, 1.54) is 17.6 Å². The van der Waals surface area contributed by atoms with Gasteiger partial charge >= 0.3 is 0 Å². The second-order valence-corrected chi connectivity index (χ2v) is 6.31. The molecular formula is C9H15NO2S2. The van der Waals surface area contributed by atoms with Gasteiger partial charge in [-0.3, -0.25) is 0 Å². The topological polar surface area (TPSA) is 46.2 Å². The summed E-state index contributed by atoms with van der Waals surface area (Å²) in [6.07, 6.45) is 2.31. The Hall–Kier alpha value is -0.390. The molecule has 0 spiro atoms. The van der Waals surface area contributed by atoms with Gasteiger partial charge in [-0.25, -0.2) is 8.42 Å². The SMILES string of the molecule is CCCNCc1ccsc1S(C)(=O)=O. The maximum absolute atomic E-state index is 11.3. The Kier molecular flexibility index (Phi) is 4.10. The van der Waals surface area contributed by atoms with Crippen LogP contribution in [0.4, 0.5) is 0 Å². The monoisotopic (exact) mass is 233 g/mol. The fourth-order valence-electron chi connectivity index (χ4n) is 1.18. The lowest BCUT2D eigenvalue weighted by molar-refractivity contribution is 0.601. The van der Waals surface area contributed by atoms with Crippen molar-refractivity contribution in [2.45, 2.75) is 24.1 Å². The van der Waals surface area contributed by atoms with E-state index in [-0.39, 0.29) is 0 Å². The lowest BCUT2D eigenvalue weighted by atomic mass is 10.3. The molecule has 0 aromatic carbocycles. The zero-order valence-corrected chi connectivity index (χ0v) is 10.0. The van der Waals surface area contributed by atoms with Gasteiger partial charge in [-0.05, 0) is 30.0 Å². The number of hydrogen-bond donors (Lipinski definition) is 1. The van der Waals surface area contributed by atoms with Gasteiger partial charge in [0.15, 0.2) is 9.84 Å². The summed E-state index contributed by atoms with van der Waals surface area (Å²) < 4.78 is 23.1. The zero-order chi connectivity index (χ0) is 10.6. The van der Waals surface area contributed by atoms with Crippen LogP contribution in [0.15, 0.2) is 15.7 Å². The number of hydrogen-bond acceptors (Lipinski definition) is 4. The minimum Gasteiger partial charge on any atom is -0.313 e. The molecule has 1 aromatic rings.